The zero-order valence-electron chi connectivity index (χ0n) is 10.5. The Hall–Kier alpha value is -1.69. The molecule has 0 amide bonds. The normalized spacial score (nSPS) is 18.1. The van der Waals surface area contributed by atoms with E-state index < -0.39 is 23.8 Å². The Morgan fingerprint density at radius 2 is 2.00 bits per heavy atom. The minimum atomic E-state index is -4.84. The predicted octanol–water partition coefficient (Wildman–Crippen LogP) is 2.41. The molecule has 0 bridgehead atoms. The van der Waals surface area contributed by atoms with Crippen molar-refractivity contribution in [1.82, 2.24) is 0 Å². The van der Waals surface area contributed by atoms with Gasteiger partial charge < -0.3 is 14.6 Å². The standard InChI is InChI=1S/C13H10ClF3O3/c1-5-3-9-7(6(2)10(5)14)4-8(12(18)19)11(20-9)13(15,16)17/h3-4,11H,1-2H3,(H,18,19)/p-1. The van der Waals surface area contributed by atoms with Crippen LogP contribution >= 0.6 is 11.6 Å². The highest BCUT2D eigenvalue weighted by Gasteiger charge is 2.46. The molecule has 1 aromatic carbocycles. The monoisotopic (exact) mass is 305 g/mol. The molecule has 1 aromatic rings. The third kappa shape index (κ3) is 2.35. The van der Waals surface area contributed by atoms with Crippen LogP contribution in [0.15, 0.2) is 11.6 Å². The number of aliphatic carboxylic acids is 1. The van der Waals surface area contributed by atoms with E-state index in [4.69, 9.17) is 16.3 Å². The number of carbonyl (C=O) groups is 1. The van der Waals surface area contributed by atoms with Crippen LogP contribution in [-0.4, -0.2) is 18.2 Å². The van der Waals surface area contributed by atoms with Crippen LogP contribution in [0.3, 0.4) is 0 Å². The largest absolute Gasteiger partial charge is 0.545 e. The Balaban J connectivity index is 2.66. The predicted molar refractivity (Wildman–Crippen MR) is 64.4 cm³/mol. The van der Waals surface area contributed by atoms with Crippen molar-refractivity contribution in [3.8, 4) is 5.75 Å². The second-order valence-electron chi connectivity index (χ2n) is 4.47. The molecule has 20 heavy (non-hydrogen) atoms. The molecule has 1 atom stereocenters. The van der Waals surface area contributed by atoms with E-state index in [2.05, 4.69) is 0 Å². The number of benzene rings is 1. The Bertz CT molecular complexity index is 620. The van der Waals surface area contributed by atoms with E-state index >= 15 is 0 Å². The second-order valence-corrected chi connectivity index (χ2v) is 4.85. The summed E-state index contributed by atoms with van der Waals surface area (Å²) in [6.45, 7) is 3.20. The molecule has 0 spiro atoms. The molecule has 2 rings (SSSR count). The number of hydrogen-bond acceptors (Lipinski definition) is 3. The molecule has 0 radical (unpaired) electrons. The van der Waals surface area contributed by atoms with Crippen molar-refractivity contribution in [3.05, 3.63) is 33.4 Å². The maximum atomic E-state index is 12.8. The molecule has 0 saturated heterocycles. The summed E-state index contributed by atoms with van der Waals surface area (Å²) in [4.78, 5) is 10.9. The number of alkyl halides is 3. The fourth-order valence-corrected chi connectivity index (χ4v) is 2.20. The lowest BCUT2D eigenvalue weighted by Gasteiger charge is -2.30. The van der Waals surface area contributed by atoms with Crippen LogP contribution in [0.5, 0.6) is 5.75 Å². The van der Waals surface area contributed by atoms with Gasteiger partial charge >= 0.3 is 6.18 Å². The van der Waals surface area contributed by atoms with Crippen molar-refractivity contribution in [1.29, 1.82) is 0 Å². The third-order valence-corrected chi connectivity index (χ3v) is 3.63. The molecule has 1 unspecified atom stereocenters. The smallest absolute Gasteiger partial charge is 0.429 e. The molecule has 0 saturated carbocycles. The van der Waals surface area contributed by atoms with Crippen LogP contribution in [0.4, 0.5) is 13.2 Å². The SMILES string of the molecule is Cc1cc2c(c(C)c1Cl)C=C(C(=O)[O-])C(C(F)(F)F)O2. The van der Waals surface area contributed by atoms with E-state index in [0.717, 1.165) is 6.08 Å². The first-order valence-corrected chi connectivity index (χ1v) is 5.96. The van der Waals surface area contributed by atoms with E-state index in [1.807, 2.05) is 0 Å². The summed E-state index contributed by atoms with van der Waals surface area (Å²) in [6, 6.07) is 1.35. The summed E-state index contributed by atoms with van der Waals surface area (Å²) in [6.07, 6.45) is -6.47. The van der Waals surface area contributed by atoms with Gasteiger partial charge in [0.2, 0.25) is 6.10 Å². The van der Waals surface area contributed by atoms with Gasteiger partial charge in [-0.05, 0) is 37.1 Å². The Morgan fingerprint density at radius 1 is 1.40 bits per heavy atom. The molecule has 0 aromatic heterocycles. The van der Waals surface area contributed by atoms with Crippen molar-refractivity contribution in [2.45, 2.75) is 26.1 Å². The first kappa shape index (κ1) is 14.7. The van der Waals surface area contributed by atoms with Crippen molar-refractivity contribution in [3.63, 3.8) is 0 Å². The number of rotatable bonds is 1. The number of fused-ring (bicyclic) bond motifs is 1. The Kier molecular flexibility index (Phi) is 3.46. The topological polar surface area (TPSA) is 49.4 Å². The van der Waals surface area contributed by atoms with Gasteiger partial charge in [-0.15, -0.1) is 0 Å². The van der Waals surface area contributed by atoms with Gasteiger partial charge in [0.1, 0.15) is 5.75 Å². The van der Waals surface area contributed by atoms with E-state index in [1.54, 1.807) is 13.8 Å². The summed E-state index contributed by atoms with van der Waals surface area (Å²) in [5.41, 5.74) is 0.267. The van der Waals surface area contributed by atoms with Crippen LogP contribution < -0.4 is 9.84 Å². The molecule has 0 fully saturated rings. The molecule has 1 heterocycles. The molecule has 0 aliphatic carbocycles. The number of hydrogen-bond donors (Lipinski definition) is 0. The van der Waals surface area contributed by atoms with Crippen LogP contribution in [0, 0.1) is 13.8 Å². The molecule has 1 aliphatic rings. The quantitative estimate of drug-likeness (QED) is 0.800. The maximum absolute atomic E-state index is 12.8. The highest BCUT2D eigenvalue weighted by atomic mass is 35.5. The van der Waals surface area contributed by atoms with E-state index in [1.165, 1.54) is 6.07 Å². The average Bonchev–Trinajstić information content (AvgIpc) is 2.33. The number of carbonyl (C=O) groups excluding carboxylic acids is 1. The zero-order chi connectivity index (χ0) is 15.2. The van der Waals surface area contributed by atoms with E-state index in [9.17, 15) is 23.1 Å². The van der Waals surface area contributed by atoms with Crippen molar-refractivity contribution in [2.24, 2.45) is 0 Å². The minimum absolute atomic E-state index is 0.0447. The van der Waals surface area contributed by atoms with Gasteiger partial charge in [0.25, 0.3) is 0 Å². The van der Waals surface area contributed by atoms with Crippen molar-refractivity contribution >= 4 is 23.6 Å². The van der Waals surface area contributed by atoms with Crippen molar-refractivity contribution < 1.29 is 27.8 Å². The zero-order valence-corrected chi connectivity index (χ0v) is 11.2. The number of aryl methyl sites for hydroxylation is 1. The van der Waals surface area contributed by atoms with Crippen molar-refractivity contribution in [2.75, 3.05) is 0 Å². The van der Waals surface area contributed by atoms with Crippen LogP contribution in [0.1, 0.15) is 16.7 Å². The van der Waals surface area contributed by atoms with Gasteiger partial charge in [-0.2, -0.15) is 13.2 Å². The summed E-state index contributed by atoms with van der Waals surface area (Å²) < 4.78 is 43.3. The Labute approximate surface area is 117 Å². The number of carboxylic acids is 1. The highest BCUT2D eigenvalue weighted by Crippen LogP contribution is 2.41. The molecular formula is C13H9ClF3O3-. The van der Waals surface area contributed by atoms with Gasteiger partial charge in [-0.3, -0.25) is 0 Å². The number of ether oxygens (including phenoxy) is 1. The van der Waals surface area contributed by atoms with Gasteiger partial charge in [-0.25, -0.2) is 0 Å². The molecule has 1 aliphatic heterocycles. The molecular weight excluding hydrogens is 297 g/mol. The highest BCUT2D eigenvalue weighted by molar-refractivity contribution is 6.32. The Morgan fingerprint density at radius 3 is 2.50 bits per heavy atom. The molecule has 108 valence electrons. The lowest BCUT2D eigenvalue weighted by Crippen LogP contribution is -2.44. The van der Waals surface area contributed by atoms with Gasteiger partial charge in [0.05, 0.1) is 5.97 Å². The lowest BCUT2D eigenvalue weighted by molar-refractivity contribution is -0.302. The van der Waals surface area contributed by atoms with E-state index in [-0.39, 0.29) is 11.3 Å². The van der Waals surface area contributed by atoms with Gasteiger partial charge in [-0.1, -0.05) is 11.6 Å². The second kappa shape index (κ2) is 4.70. The fraction of sp³-hybridized carbons (Fsp3) is 0.308. The van der Waals surface area contributed by atoms with E-state index in [0.29, 0.717) is 16.1 Å². The number of halogens is 4. The summed E-state index contributed by atoms with van der Waals surface area (Å²) in [7, 11) is 0. The average molecular weight is 306 g/mol. The van der Waals surface area contributed by atoms with Crippen LogP contribution in [0.2, 0.25) is 5.02 Å². The van der Waals surface area contributed by atoms with Crippen LogP contribution in [0.25, 0.3) is 6.08 Å². The maximum Gasteiger partial charge on any atom is 0.429 e. The summed E-state index contributed by atoms with van der Waals surface area (Å²) in [5.74, 6) is -1.97. The third-order valence-electron chi connectivity index (χ3n) is 3.05. The van der Waals surface area contributed by atoms with Gasteiger partial charge in [0.15, 0.2) is 0 Å². The van der Waals surface area contributed by atoms with Crippen LogP contribution in [-0.2, 0) is 4.79 Å². The lowest BCUT2D eigenvalue weighted by atomic mass is 9.96. The summed E-state index contributed by atoms with van der Waals surface area (Å²) in [5, 5.41) is 11.2. The number of carboxylic acid groups (broad SMARTS) is 1. The molecule has 7 heteroatoms. The molecule has 3 nitrogen and oxygen atoms in total. The minimum Gasteiger partial charge on any atom is -0.545 e. The fourth-order valence-electron chi connectivity index (χ4n) is 2.04. The van der Waals surface area contributed by atoms with Gasteiger partial charge in [0, 0.05) is 16.2 Å². The molecule has 0 N–H and O–H groups in total. The first-order valence-electron chi connectivity index (χ1n) is 5.59. The summed E-state index contributed by atoms with van der Waals surface area (Å²) >= 11 is 6.00. The first-order chi connectivity index (χ1) is 9.12.